The van der Waals surface area contributed by atoms with E-state index < -0.39 is 0 Å². The molecule has 1 radical (unpaired) electrons. The molecular formula is C11H11O3. The average molecular weight is 191 g/mol. The molecule has 0 unspecified atom stereocenters. The molecule has 0 saturated heterocycles. The first-order valence-corrected chi connectivity index (χ1v) is 4.06. The molecule has 0 aliphatic rings. The van der Waals surface area contributed by atoms with Gasteiger partial charge in [0.2, 0.25) is 0 Å². The second-order valence-corrected chi connectivity index (χ2v) is 2.54. The highest BCUT2D eigenvalue weighted by Crippen LogP contribution is 2.27. The summed E-state index contributed by atoms with van der Waals surface area (Å²) in [6.45, 7) is 0. The molecule has 0 heterocycles. The highest BCUT2D eigenvalue weighted by Gasteiger charge is 2.01. The van der Waals surface area contributed by atoms with Crippen molar-refractivity contribution in [1.29, 1.82) is 0 Å². The summed E-state index contributed by atoms with van der Waals surface area (Å²) in [5.41, 5.74) is 0.842. The Bertz CT molecular complexity index is 342. The van der Waals surface area contributed by atoms with Gasteiger partial charge in [0.1, 0.15) is 0 Å². The summed E-state index contributed by atoms with van der Waals surface area (Å²) in [4.78, 5) is 10.1. The topological polar surface area (TPSA) is 35.5 Å². The van der Waals surface area contributed by atoms with Gasteiger partial charge in [-0.05, 0) is 23.8 Å². The first-order valence-electron chi connectivity index (χ1n) is 4.06. The molecule has 0 fully saturated rings. The third-order valence-corrected chi connectivity index (χ3v) is 1.73. The number of benzene rings is 1. The molecule has 0 saturated carbocycles. The van der Waals surface area contributed by atoms with Gasteiger partial charge >= 0.3 is 0 Å². The Morgan fingerprint density at radius 3 is 2.50 bits per heavy atom. The number of carbonyl (C=O) groups is 1. The maximum absolute atomic E-state index is 10.1. The lowest BCUT2D eigenvalue weighted by Gasteiger charge is -2.07. The fourth-order valence-electron chi connectivity index (χ4n) is 1.07. The Balaban J connectivity index is 3.00. The molecule has 0 N–H and O–H groups in total. The molecule has 1 aromatic rings. The van der Waals surface area contributed by atoms with Crippen LogP contribution in [-0.2, 0) is 4.79 Å². The number of allylic oxidation sites excluding steroid dienone is 1. The lowest BCUT2D eigenvalue weighted by Crippen LogP contribution is -1.90. The van der Waals surface area contributed by atoms with Crippen LogP contribution in [-0.4, -0.2) is 20.5 Å². The molecule has 1 rings (SSSR count). The Morgan fingerprint density at radius 1 is 1.21 bits per heavy atom. The standard InChI is InChI=1S/C11H11O3/c1-13-10-6-5-9(4-3-7-12)8-11(10)14-2/h4-8H,1-2H3. The van der Waals surface area contributed by atoms with E-state index in [1.165, 1.54) is 0 Å². The third kappa shape index (κ3) is 2.36. The molecule has 0 spiro atoms. The molecule has 3 nitrogen and oxygen atoms in total. The Kier molecular flexibility index (Phi) is 3.73. The van der Waals surface area contributed by atoms with Crippen molar-refractivity contribution in [2.75, 3.05) is 14.2 Å². The van der Waals surface area contributed by atoms with E-state index in [0.717, 1.165) is 5.56 Å². The second-order valence-electron chi connectivity index (χ2n) is 2.54. The molecule has 14 heavy (non-hydrogen) atoms. The van der Waals surface area contributed by atoms with Gasteiger partial charge in [-0.2, -0.15) is 0 Å². The molecule has 3 heteroatoms. The van der Waals surface area contributed by atoms with Crippen LogP contribution >= 0.6 is 0 Å². The van der Waals surface area contributed by atoms with E-state index in [9.17, 15) is 4.79 Å². The summed E-state index contributed by atoms with van der Waals surface area (Å²) in [6, 6.07) is 5.37. The van der Waals surface area contributed by atoms with Gasteiger partial charge in [-0.3, -0.25) is 4.79 Å². The molecule has 0 bridgehead atoms. The lowest BCUT2D eigenvalue weighted by atomic mass is 10.2. The third-order valence-electron chi connectivity index (χ3n) is 1.73. The number of methoxy groups -OCH3 is 2. The smallest absolute Gasteiger partial charge is 0.161 e. The molecule has 1 aromatic carbocycles. The van der Waals surface area contributed by atoms with Crippen molar-refractivity contribution in [3.8, 4) is 11.5 Å². The van der Waals surface area contributed by atoms with E-state index in [1.807, 2.05) is 6.07 Å². The minimum Gasteiger partial charge on any atom is -0.493 e. The SMILES string of the molecule is COc1ccc(C=[C]C=O)cc1OC. The van der Waals surface area contributed by atoms with Crippen LogP contribution in [0.2, 0.25) is 0 Å². The fraction of sp³-hybridized carbons (Fsp3) is 0.182. The van der Waals surface area contributed by atoms with Crippen molar-refractivity contribution in [2.45, 2.75) is 0 Å². The minimum atomic E-state index is 0.608. The normalized spacial score (nSPS) is 10.1. The van der Waals surface area contributed by atoms with Crippen LogP contribution < -0.4 is 9.47 Å². The maximum Gasteiger partial charge on any atom is 0.161 e. The number of hydrogen-bond donors (Lipinski definition) is 0. The minimum absolute atomic E-state index is 0.608. The largest absolute Gasteiger partial charge is 0.493 e. The number of rotatable bonds is 4. The summed E-state index contributed by atoms with van der Waals surface area (Å²) >= 11 is 0. The van der Waals surface area contributed by atoms with E-state index >= 15 is 0 Å². The van der Waals surface area contributed by atoms with Gasteiger partial charge in [-0.15, -0.1) is 0 Å². The Morgan fingerprint density at radius 2 is 1.93 bits per heavy atom. The van der Waals surface area contributed by atoms with E-state index in [-0.39, 0.29) is 0 Å². The van der Waals surface area contributed by atoms with E-state index in [4.69, 9.17) is 9.47 Å². The van der Waals surface area contributed by atoms with Crippen LogP contribution in [0.15, 0.2) is 18.2 Å². The first-order chi connectivity index (χ1) is 6.81. The van der Waals surface area contributed by atoms with E-state index in [1.54, 1.807) is 32.4 Å². The molecular weight excluding hydrogens is 180 g/mol. The highest BCUT2D eigenvalue weighted by molar-refractivity contribution is 5.69. The number of aldehydes is 1. The van der Waals surface area contributed by atoms with Gasteiger partial charge < -0.3 is 9.47 Å². The summed E-state index contributed by atoms with van der Waals surface area (Å²) in [5.74, 6) is 1.30. The number of ether oxygens (including phenoxy) is 2. The van der Waals surface area contributed by atoms with Gasteiger partial charge in [-0.1, -0.05) is 6.07 Å². The summed E-state index contributed by atoms with van der Waals surface area (Å²) in [7, 11) is 3.14. The van der Waals surface area contributed by atoms with Crippen LogP contribution in [0.3, 0.4) is 0 Å². The van der Waals surface area contributed by atoms with Crippen LogP contribution in [0, 0.1) is 6.08 Å². The molecule has 0 aliphatic carbocycles. The maximum atomic E-state index is 10.1. The zero-order valence-electron chi connectivity index (χ0n) is 8.11. The summed E-state index contributed by atoms with van der Waals surface area (Å²) in [5, 5.41) is 0. The molecule has 0 aromatic heterocycles. The zero-order valence-corrected chi connectivity index (χ0v) is 8.11. The highest BCUT2D eigenvalue weighted by atomic mass is 16.5. The quantitative estimate of drug-likeness (QED) is 0.537. The van der Waals surface area contributed by atoms with Gasteiger partial charge in [0.25, 0.3) is 0 Å². The lowest BCUT2D eigenvalue weighted by molar-refractivity contribution is -0.104. The molecule has 0 amide bonds. The van der Waals surface area contributed by atoms with Gasteiger partial charge in [0.05, 0.1) is 14.2 Å². The summed E-state index contributed by atoms with van der Waals surface area (Å²) < 4.78 is 10.2. The predicted octanol–water partition coefficient (Wildman–Crippen LogP) is 1.72. The van der Waals surface area contributed by atoms with Crippen molar-refractivity contribution < 1.29 is 14.3 Å². The van der Waals surface area contributed by atoms with Crippen LogP contribution in [0.5, 0.6) is 11.5 Å². The van der Waals surface area contributed by atoms with Crippen molar-refractivity contribution in [3.05, 3.63) is 29.8 Å². The molecule has 0 atom stereocenters. The van der Waals surface area contributed by atoms with Crippen LogP contribution in [0.25, 0.3) is 6.08 Å². The van der Waals surface area contributed by atoms with Gasteiger partial charge in [0.15, 0.2) is 17.8 Å². The predicted molar refractivity (Wildman–Crippen MR) is 53.3 cm³/mol. The van der Waals surface area contributed by atoms with E-state index in [0.29, 0.717) is 17.8 Å². The number of carbonyl (C=O) groups excluding carboxylic acids is 1. The summed E-state index contributed by atoms with van der Waals surface area (Å²) in [6.07, 6.45) is 4.64. The van der Waals surface area contributed by atoms with E-state index in [2.05, 4.69) is 6.08 Å². The van der Waals surface area contributed by atoms with Gasteiger partial charge in [-0.25, -0.2) is 0 Å². The Labute approximate surface area is 83.0 Å². The van der Waals surface area contributed by atoms with Crippen LogP contribution in [0.4, 0.5) is 0 Å². The van der Waals surface area contributed by atoms with Crippen molar-refractivity contribution in [2.24, 2.45) is 0 Å². The second kappa shape index (κ2) is 5.07. The van der Waals surface area contributed by atoms with Crippen molar-refractivity contribution >= 4 is 12.4 Å². The first kappa shape index (κ1) is 10.3. The van der Waals surface area contributed by atoms with Crippen LogP contribution in [0.1, 0.15) is 5.56 Å². The molecule has 73 valence electrons. The Hall–Kier alpha value is -1.77. The molecule has 0 aliphatic heterocycles. The fourth-order valence-corrected chi connectivity index (χ4v) is 1.07. The average Bonchev–Trinajstić information content (AvgIpc) is 2.25. The number of hydrogen-bond acceptors (Lipinski definition) is 3. The van der Waals surface area contributed by atoms with Gasteiger partial charge in [0, 0.05) is 6.08 Å². The van der Waals surface area contributed by atoms with Crippen molar-refractivity contribution in [1.82, 2.24) is 0 Å². The zero-order chi connectivity index (χ0) is 10.4. The van der Waals surface area contributed by atoms with Crippen molar-refractivity contribution in [3.63, 3.8) is 0 Å². The monoisotopic (exact) mass is 191 g/mol.